The second kappa shape index (κ2) is 16.6. The van der Waals surface area contributed by atoms with Crippen molar-refractivity contribution in [1.29, 1.82) is 0 Å². The Labute approximate surface area is 281 Å². The number of hydrogen-bond donors (Lipinski definition) is 3. The summed E-state index contributed by atoms with van der Waals surface area (Å²) in [5.74, 6) is -2.87. The number of non-ortho nitro benzene ring substituents is 1. The molecule has 3 amide bonds. The van der Waals surface area contributed by atoms with Crippen LogP contribution in [0.3, 0.4) is 0 Å². The largest absolute Gasteiger partial charge is 0.344 e. The van der Waals surface area contributed by atoms with Gasteiger partial charge in [0.05, 0.1) is 26.6 Å². The van der Waals surface area contributed by atoms with E-state index in [9.17, 15) is 29.3 Å². The molecule has 1 heterocycles. The summed E-state index contributed by atoms with van der Waals surface area (Å²) in [4.78, 5) is 65.2. The average molecular weight is 675 g/mol. The molecule has 4 aromatic rings. The minimum Gasteiger partial charge on any atom is -0.344 e. The predicted molar refractivity (Wildman–Crippen MR) is 182 cm³/mol. The first-order chi connectivity index (χ1) is 22.5. The van der Waals surface area contributed by atoms with Gasteiger partial charge >= 0.3 is 0 Å². The summed E-state index contributed by atoms with van der Waals surface area (Å²) in [5.41, 5.74) is 1.51. The van der Waals surface area contributed by atoms with Crippen LogP contribution in [0.4, 0.5) is 11.4 Å². The summed E-state index contributed by atoms with van der Waals surface area (Å²) < 4.78 is 0. The zero-order chi connectivity index (χ0) is 33.9. The Balaban J connectivity index is 1.58. The maximum absolute atomic E-state index is 14.0. The van der Waals surface area contributed by atoms with Gasteiger partial charge in [-0.15, -0.1) is 11.3 Å². The summed E-state index contributed by atoms with van der Waals surface area (Å²) in [5, 5.41) is 21.3. The highest BCUT2D eigenvalue weighted by Gasteiger charge is 2.32. The van der Waals surface area contributed by atoms with Crippen LogP contribution >= 0.6 is 22.9 Å². The van der Waals surface area contributed by atoms with Crippen molar-refractivity contribution in [1.82, 2.24) is 10.6 Å². The van der Waals surface area contributed by atoms with Crippen molar-refractivity contribution < 1.29 is 24.1 Å². The van der Waals surface area contributed by atoms with E-state index in [0.29, 0.717) is 4.88 Å². The van der Waals surface area contributed by atoms with Gasteiger partial charge in [-0.1, -0.05) is 92.2 Å². The first kappa shape index (κ1) is 35.0. The molecule has 244 valence electrons. The Kier molecular flexibility index (Phi) is 12.4. The highest BCUT2D eigenvalue weighted by Crippen LogP contribution is 2.27. The molecule has 0 saturated carbocycles. The number of benzene rings is 3. The number of carbonyl (C=O) groups is 4. The first-order valence-electron chi connectivity index (χ1n) is 15.0. The normalized spacial score (nSPS) is 12.9. The zero-order valence-corrected chi connectivity index (χ0v) is 27.4. The molecule has 0 saturated heterocycles. The number of carbonyl (C=O) groups excluding carboxylic acids is 4. The molecule has 3 N–H and O–H groups in total. The van der Waals surface area contributed by atoms with E-state index in [1.54, 1.807) is 17.5 Å². The number of rotatable bonds is 15. The molecule has 12 heteroatoms. The van der Waals surface area contributed by atoms with Crippen LogP contribution in [0.2, 0.25) is 5.02 Å². The molecule has 0 aliphatic carbocycles. The Morgan fingerprint density at radius 1 is 0.830 bits per heavy atom. The highest BCUT2D eigenvalue weighted by molar-refractivity contribution is 7.12. The number of Topliss-reactive ketones (excluding diaryl/α,β-unsaturated/α-hetero) is 1. The lowest BCUT2D eigenvalue weighted by atomic mass is 9.88. The lowest BCUT2D eigenvalue weighted by molar-refractivity contribution is -0.384. The molecule has 0 unspecified atom stereocenters. The van der Waals surface area contributed by atoms with Gasteiger partial charge in [-0.05, 0) is 41.0 Å². The monoisotopic (exact) mass is 674 g/mol. The summed E-state index contributed by atoms with van der Waals surface area (Å²) in [6.45, 7) is 3.65. The molecule has 1 aromatic heterocycles. The Hall–Kier alpha value is -4.87. The fraction of sp³-hybridized carbons (Fsp3) is 0.257. The Morgan fingerprint density at radius 3 is 2.02 bits per heavy atom. The van der Waals surface area contributed by atoms with Gasteiger partial charge < -0.3 is 16.0 Å². The van der Waals surface area contributed by atoms with Crippen LogP contribution in [0.15, 0.2) is 96.4 Å². The highest BCUT2D eigenvalue weighted by atomic mass is 35.5. The third kappa shape index (κ3) is 10.1. The van der Waals surface area contributed by atoms with Crippen LogP contribution in [-0.2, 0) is 27.2 Å². The SMILES string of the molecule is CC(C)[C@H](NC(=O)c1cccs1)C(=O)C[C@@H](Cc1ccccc1)C(=O)N[C@@H](Cc1ccccc1)C(=O)Nc1ccc([N+](=O)[O-])cc1Cl. The van der Waals surface area contributed by atoms with Gasteiger partial charge in [-0.2, -0.15) is 0 Å². The van der Waals surface area contributed by atoms with Crippen molar-refractivity contribution in [3.05, 3.63) is 128 Å². The third-order valence-electron chi connectivity index (χ3n) is 7.53. The van der Waals surface area contributed by atoms with Gasteiger partial charge in [0.2, 0.25) is 11.8 Å². The second-order valence-corrected chi connectivity index (χ2v) is 12.7. The van der Waals surface area contributed by atoms with Crippen molar-refractivity contribution in [2.45, 2.75) is 45.2 Å². The van der Waals surface area contributed by atoms with Gasteiger partial charge in [0.25, 0.3) is 11.6 Å². The van der Waals surface area contributed by atoms with Gasteiger partial charge in [0, 0.05) is 30.9 Å². The van der Waals surface area contributed by atoms with Crippen LogP contribution in [0.1, 0.15) is 41.1 Å². The first-order valence-corrected chi connectivity index (χ1v) is 16.3. The fourth-order valence-electron chi connectivity index (χ4n) is 5.05. The molecule has 0 radical (unpaired) electrons. The third-order valence-corrected chi connectivity index (χ3v) is 8.71. The maximum Gasteiger partial charge on any atom is 0.271 e. The molecular weight excluding hydrogens is 640 g/mol. The van der Waals surface area contributed by atoms with Crippen molar-refractivity contribution in [3.63, 3.8) is 0 Å². The quantitative estimate of drug-likeness (QED) is 0.100. The number of ketones is 1. The van der Waals surface area contributed by atoms with E-state index in [-0.39, 0.29) is 53.3 Å². The van der Waals surface area contributed by atoms with Crippen LogP contribution in [0.25, 0.3) is 0 Å². The minimum absolute atomic E-state index is 0.0331. The Bertz CT molecular complexity index is 1700. The fourth-order valence-corrected chi connectivity index (χ4v) is 5.90. The summed E-state index contributed by atoms with van der Waals surface area (Å²) >= 11 is 7.50. The minimum atomic E-state index is -1.08. The molecule has 0 bridgehead atoms. The summed E-state index contributed by atoms with van der Waals surface area (Å²) in [6, 6.07) is 23.5. The van der Waals surface area contributed by atoms with E-state index in [2.05, 4.69) is 16.0 Å². The molecule has 3 aromatic carbocycles. The van der Waals surface area contributed by atoms with Crippen molar-refractivity contribution in [2.24, 2.45) is 11.8 Å². The number of nitro benzene ring substituents is 1. The lowest BCUT2D eigenvalue weighted by Crippen LogP contribution is -2.49. The standard InChI is InChI=1S/C35H35ClN4O6S/c1-22(2)32(39-35(44)31-14-9-17-47-31)30(41)20-25(18-23-10-5-3-6-11-23)33(42)38-29(19-24-12-7-4-8-13-24)34(43)37-28-16-15-26(40(45)46)21-27(28)36/h3-17,21-22,25,29,32H,18-20H2,1-2H3,(H,37,43)(H,38,42)(H,39,44)/t25-,29+,32+/m1/s1. The molecule has 0 aliphatic heterocycles. The van der Waals surface area contributed by atoms with E-state index in [1.807, 2.05) is 74.5 Å². The predicted octanol–water partition coefficient (Wildman–Crippen LogP) is 6.25. The van der Waals surface area contributed by atoms with Crippen LogP contribution in [0.5, 0.6) is 0 Å². The number of anilines is 1. The second-order valence-electron chi connectivity index (χ2n) is 11.4. The van der Waals surface area contributed by atoms with Crippen molar-refractivity contribution in [3.8, 4) is 0 Å². The van der Waals surface area contributed by atoms with Gasteiger partial charge in [0.15, 0.2) is 5.78 Å². The van der Waals surface area contributed by atoms with Crippen LogP contribution in [-0.4, -0.2) is 40.5 Å². The van der Waals surface area contributed by atoms with E-state index in [1.165, 1.54) is 23.5 Å². The van der Waals surface area contributed by atoms with E-state index >= 15 is 0 Å². The molecule has 0 spiro atoms. The number of thiophene rings is 1. The molecule has 47 heavy (non-hydrogen) atoms. The number of halogens is 1. The van der Waals surface area contributed by atoms with Gasteiger partial charge in [-0.25, -0.2) is 0 Å². The molecular formula is C35H35ClN4O6S. The van der Waals surface area contributed by atoms with E-state index < -0.39 is 34.7 Å². The van der Waals surface area contributed by atoms with Crippen LogP contribution < -0.4 is 16.0 Å². The average Bonchev–Trinajstić information content (AvgIpc) is 3.60. The van der Waals surface area contributed by atoms with E-state index in [0.717, 1.165) is 17.2 Å². The maximum atomic E-state index is 14.0. The molecule has 0 aliphatic rings. The zero-order valence-electron chi connectivity index (χ0n) is 25.9. The van der Waals surface area contributed by atoms with Crippen LogP contribution in [0, 0.1) is 22.0 Å². The Morgan fingerprint density at radius 2 is 1.47 bits per heavy atom. The lowest BCUT2D eigenvalue weighted by Gasteiger charge is -2.25. The molecule has 3 atom stereocenters. The van der Waals surface area contributed by atoms with Gasteiger partial charge in [0.1, 0.15) is 6.04 Å². The smallest absolute Gasteiger partial charge is 0.271 e. The molecule has 0 fully saturated rings. The number of hydrogen-bond acceptors (Lipinski definition) is 7. The van der Waals surface area contributed by atoms with E-state index in [4.69, 9.17) is 11.6 Å². The van der Waals surface area contributed by atoms with Crippen molar-refractivity contribution in [2.75, 3.05) is 5.32 Å². The topological polar surface area (TPSA) is 148 Å². The molecule has 10 nitrogen and oxygen atoms in total. The number of nitrogens with one attached hydrogen (secondary N) is 3. The summed E-state index contributed by atoms with van der Waals surface area (Å²) in [7, 11) is 0. The molecule has 4 rings (SSSR count). The summed E-state index contributed by atoms with van der Waals surface area (Å²) in [6.07, 6.45) is 0.165. The van der Waals surface area contributed by atoms with Gasteiger partial charge in [-0.3, -0.25) is 29.3 Å². The number of amides is 3. The van der Waals surface area contributed by atoms with Crippen molar-refractivity contribution >= 4 is 57.8 Å². The number of nitro groups is 1. The number of nitrogens with zero attached hydrogens (tertiary/aromatic N) is 1.